The molecule has 0 radical (unpaired) electrons. The number of aromatic nitrogens is 1. The first kappa shape index (κ1) is 18.0. The normalized spacial score (nSPS) is 17.7. The zero-order chi connectivity index (χ0) is 14.6. The van der Waals surface area contributed by atoms with Gasteiger partial charge in [-0.25, -0.2) is 9.78 Å². The lowest BCUT2D eigenvalue weighted by Gasteiger charge is -2.39. The molecule has 0 bridgehead atoms. The first-order valence-electron chi connectivity index (χ1n) is 6.72. The minimum absolute atomic E-state index is 0. The topological polar surface area (TPSA) is 51.7 Å². The van der Waals surface area contributed by atoms with E-state index in [9.17, 15) is 4.79 Å². The van der Waals surface area contributed by atoms with E-state index in [4.69, 9.17) is 21.1 Å². The van der Waals surface area contributed by atoms with Crippen molar-refractivity contribution in [3.05, 3.63) is 29.0 Å². The Kier molecular flexibility index (Phi) is 6.71. The lowest BCUT2D eigenvalue weighted by atomic mass is 9.85. The molecule has 2 heterocycles. The Hall–Kier alpha value is -1.04. The van der Waals surface area contributed by atoms with Crippen molar-refractivity contribution in [3.8, 4) is 0 Å². The van der Waals surface area contributed by atoms with Crippen molar-refractivity contribution in [1.29, 1.82) is 0 Å². The smallest absolute Gasteiger partial charge is 0.435 e. The monoisotopic (exact) mass is 334 g/mol. The Labute approximate surface area is 136 Å². The van der Waals surface area contributed by atoms with E-state index in [1.807, 2.05) is 13.1 Å². The molecule has 1 aromatic heterocycles. The number of ether oxygens (including phenoxy) is 2. The summed E-state index contributed by atoms with van der Waals surface area (Å²) in [6.07, 6.45) is 2.47. The van der Waals surface area contributed by atoms with Gasteiger partial charge in [0.25, 0.3) is 0 Å². The van der Waals surface area contributed by atoms with E-state index in [0.717, 1.165) is 18.7 Å². The van der Waals surface area contributed by atoms with Crippen molar-refractivity contribution in [2.24, 2.45) is 0 Å². The predicted octanol–water partition coefficient (Wildman–Crippen LogP) is 3.25. The van der Waals surface area contributed by atoms with E-state index < -0.39 is 11.8 Å². The number of pyridine rings is 1. The van der Waals surface area contributed by atoms with Crippen LogP contribution in [0.25, 0.3) is 0 Å². The largest absolute Gasteiger partial charge is 0.509 e. The van der Waals surface area contributed by atoms with Crippen LogP contribution in [0, 0.1) is 0 Å². The molecule has 5 nitrogen and oxygen atoms in total. The number of piperidine rings is 1. The highest BCUT2D eigenvalue weighted by Gasteiger charge is 2.40. The average molecular weight is 335 g/mol. The van der Waals surface area contributed by atoms with Crippen LogP contribution in [0.1, 0.15) is 25.3 Å². The second-order valence-corrected chi connectivity index (χ2v) is 5.34. The van der Waals surface area contributed by atoms with Gasteiger partial charge >= 0.3 is 6.16 Å². The number of hydrogen-bond donors (Lipinski definition) is 0. The van der Waals surface area contributed by atoms with Gasteiger partial charge in [-0.3, -0.25) is 0 Å². The first-order chi connectivity index (χ1) is 9.55. The molecule has 0 aromatic carbocycles. The molecule has 0 atom stereocenters. The molecule has 21 heavy (non-hydrogen) atoms. The van der Waals surface area contributed by atoms with Crippen molar-refractivity contribution < 1.29 is 14.3 Å². The van der Waals surface area contributed by atoms with Gasteiger partial charge in [-0.05, 0) is 20.0 Å². The molecule has 118 valence electrons. The fourth-order valence-electron chi connectivity index (χ4n) is 2.38. The standard InChI is InChI=1S/C14H19ClN2O3.ClH/c1-3-19-13(18)20-14(6-8-17(2)9-7-14)11-4-5-12(15)16-10-11;/h4-5,10H,3,6-9H2,1-2H3;1H. The van der Waals surface area contributed by atoms with Crippen LogP contribution in [0.4, 0.5) is 4.79 Å². The predicted molar refractivity (Wildman–Crippen MR) is 83.0 cm³/mol. The van der Waals surface area contributed by atoms with E-state index in [2.05, 4.69) is 9.88 Å². The maximum atomic E-state index is 11.7. The van der Waals surface area contributed by atoms with E-state index in [1.165, 1.54) is 0 Å². The molecule has 1 aliphatic rings. The van der Waals surface area contributed by atoms with Crippen LogP contribution >= 0.6 is 24.0 Å². The molecule has 0 spiro atoms. The summed E-state index contributed by atoms with van der Waals surface area (Å²) in [6, 6.07) is 3.57. The van der Waals surface area contributed by atoms with E-state index in [-0.39, 0.29) is 12.4 Å². The summed E-state index contributed by atoms with van der Waals surface area (Å²) in [5.74, 6) is 0. The van der Waals surface area contributed by atoms with Crippen molar-refractivity contribution in [2.45, 2.75) is 25.4 Å². The zero-order valence-corrected chi connectivity index (χ0v) is 13.7. The molecule has 0 N–H and O–H groups in total. The molecule has 1 fully saturated rings. The van der Waals surface area contributed by atoms with Gasteiger partial charge in [0.05, 0.1) is 6.61 Å². The van der Waals surface area contributed by atoms with E-state index in [0.29, 0.717) is 24.6 Å². The molecule has 0 amide bonds. The number of halogens is 2. The van der Waals surface area contributed by atoms with Gasteiger partial charge in [0.15, 0.2) is 0 Å². The molecular formula is C14H20Cl2N2O3. The van der Waals surface area contributed by atoms with Crippen molar-refractivity contribution in [3.63, 3.8) is 0 Å². The van der Waals surface area contributed by atoms with Crippen molar-refractivity contribution in [1.82, 2.24) is 9.88 Å². The Morgan fingerprint density at radius 3 is 2.62 bits per heavy atom. The second kappa shape index (κ2) is 7.82. The number of rotatable bonds is 3. The van der Waals surface area contributed by atoms with Gasteiger partial charge < -0.3 is 14.4 Å². The van der Waals surface area contributed by atoms with Gasteiger partial charge in [0.2, 0.25) is 0 Å². The van der Waals surface area contributed by atoms with Gasteiger partial charge in [0.1, 0.15) is 10.8 Å². The quantitative estimate of drug-likeness (QED) is 0.627. The summed E-state index contributed by atoms with van der Waals surface area (Å²) in [7, 11) is 2.05. The minimum atomic E-state index is -0.670. The van der Waals surface area contributed by atoms with Crippen LogP contribution in [-0.2, 0) is 15.1 Å². The first-order valence-corrected chi connectivity index (χ1v) is 7.10. The van der Waals surface area contributed by atoms with Crippen molar-refractivity contribution >= 4 is 30.2 Å². The van der Waals surface area contributed by atoms with Crippen molar-refractivity contribution in [2.75, 3.05) is 26.7 Å². The van der Waals surface area contributed by atoms with Gasteiger partial charge in [-0.1, -0.05) is 17.7 Å². The average Bonchev–Trinajstić information content (AvgIpc) is 2.43. The Morgan fingerprint density at radius 1 is 1.43 bits per heavy atom. The molecule has 0 saturated carbocycles. The lowest BCUT2D eigenvalue weighted by molar-refractivity contribution is -0.0681. The Bertz CT molecular complexity index is 460. The lowest BCUT2D eigenvalue weighted by Crippen LogP contribution is -2.44. The number of carbonyl (C=O) groups is 1. The second-order valence-electron chi connectivity index (χ2n) is 4.95. The van der Waals surface area contributed by atoms with Gasteiger partial charge in [-0.15, -0.1) is 12.4 Å². The van der Waals surface area contributed by atoms with Crippen LogP contribution in [0.5, 0.6) is 0 Å². The molecular weight excluding hydrogens is 315 g/mol. The summed E-state index contributed by atoms with van der Waals surface area (Å²) < 4.78 is 10.5. The number of nitrogens with zero attached hydrogens (tertiary/aromatic N) is 2. The van der Waals surface area contributed by atoms with Crippen LogP contribution in [0.15, 0.2) is 18.3 Å². The maximum absolute atomic E-state index is 11.7. The molecule has 0 unspecified atom stereocenters. The summed E-state index contributed by atoms with van der Waals surface area (Å²) in [5, 5.41) is 0.424. The number of hydrogen-bond acceptors (Lipinski definition) is 5. The fraction of sp³-hybridized carbons (Fsp3) is 0.571. The summed E-state index contributed by atoms with van der Waals surface area (Å²) >= 11 is 5.82. The molecule has 1 saturated heterocycles. The van der Waals surface area contributed by atoms with Crippen LogP contribution in [-0.4, -0.2) is 42.8 Å². The summed E-state index contributed by atoms with van der Waals surface area (Å²) in [6.45, 7) is 3.75. The fourth-order valence-corrected chi connectivity index (χ4v) is 2.49. The number of carbonyl (C=O) groups excluding carboxylic acids is 1. The molecule has 2 rings (SSSR count). The zero-order valence-electron chi connectivity index (χ0n) is 12.2. The highest BCUT2D eigenvalue weighted by Crippen LogP contribution is 2.36. The third-order valence-electron chi connectivity index (χ3n) is 3.59. The molecule has 0 aliphatic carbocycles. The van der Waals surface area contributed by atoms with Crippen LogP contribution in [0.3, 0.4) is 0 Å². The third-order valence-corrected chi connectivity index (χ3v) is 3.81. The highest BCUT2D eigenvalue weighted by atomic mass is 35.5. The molecule has 1 aromatic rings. The van der Waals surface area contributed by atoms with E-state index in [1.54, 1.807) is 19.2 Å². The summed E-state index contributed by atoms with van der Waals surface area (Å²) in [5.41, 5.74) is 0.194. The van der Waals surface area contributed by atoms with Crippen LogP contribution in [0.2, 0.25) is 5.15 Å². The highest BCUT2D eigenvalue weighted by molar-refractivity contribution is 6.29. The minimum Gasteiger partial charge on any atom is -0.435 e. The SMILES string of the molecule is CCOC(=O)OC1(c2ccc(Cl)nc2)CCN(C)CC1.Cl. The maximum Gasteiger partial charge on any atom is 0.509 e. The van der Waals surface area contributed by atoms with Crippen LogP contribution < -0.4 is 0 Å². The summed E-state index contributed by atoms with van der Waals surface area (Å²) in [4.78, 5) is 18.0. The van der Waals surface area contributed by atoms with E-state index >= 15 is 0 Å². The third kappa shape index (κ3) is 4.46. The van der Waals surface area contributed by atoms with Gasteiger partial charge in [-0.2, -0.15) is 0 Å². The number of likely N-dealkylation sites (tertiary alicyclic amines) is 1. The van der Waals surface area contributed by atoms with Gasteiger partial charge in [0, 0.05) is 37.7 Å². The Balaban J connectivity index is 0.00000220. The molecule has 7 heteroatoms. The molecule has 1 aliphatic heterocycles. The Morgan fingerprint density at radius 2 is 2.10 bits per heavy atom.